The van der Waals surface area contributed by atoms with Crippen LogP contribution in [0.5, 0.6) is 0 Å². The van der Waals surface area contributed by atoms with Gasteiger partial charge in [0, 0.05) is 20.0 Å². The van der Waals surface area contributed by atoms with Crippen LogP contribution in [0.3, 0.4) is 0 Å². The minimum absolute atomic E-state index is 0.0475. The Morgan fingerprint density at radius 2 is 2.06 bits per heavy atom. The second-order valence-electron chi connectivity index (χ2n) is 4.08. The molecular formula is C8H12N4O4S. The van der Waals surface area contributed by atoms with Crippen molar-refractivity contribution in [1.29, 1.82) is 0 Å². The third-order valence-electron chi connectivity index (χ3n) is 2.73. The number of amides is 2. The molecule has 1 unspecified atom stereocenters. The lowest BCUT2D eigenvalue weighted by Crippen LogP contribution is -2.42. The van der Waals surface area contributed by atoms with Gasteiger partial charge >= 0.3 is 0 Å². The first-order valence-corrected chi connectivity index (χ1v) is 6.54. The number of guanidine groups is 1. The van der Waals surface area contributed by atoms with Crippen molar-refractivity contribution in [1.82, 2.24) is 9.80 Å². The predicted octanol–water partition coefficient (Wildman–Crippen LogP) is -2.30. The van der Waals surface area contributed by atoms with Crippen LogP contribution in [0.15, 0.2) is 4.99 Å². The van der Waals surface area contributed by atoms with Gasteiger partial charge in [-0.1, -0.05) is 0 Å². The van der Waals surface area contributed by atoms with E-state index in [9.17, 15) is 18.0 Å². The molecule has 2 aliphatic heterocycles. The minimum Gasteiger partial charge on any atom is -0.336 e. The van der Waals surface area contributed by atoms with E-state index >= 15 is 0 Å². The summed E-state index contributed by atoms with van der Waals surface area (Å²) in [5.41, 5.74) is 0. The van der Waals surface area contributed by atoms with Crippen molar-refractivity contribution < 1.29 is 18.0 Å². The first-order valence-electron chi connectivity index (χ1n) is 4.93. The fourth-order valence-corrected chi connectivity index (χ4v) is 2.59. The molecule has 0 bridgehead atoms. The van der Waals surface area contributed by atoms with Gasteiger partial charge in [-0.25, -0.2) is 13.6 Å². The molecule has 2 rings (SSSR count). The summed E-state index contributed by atoms with van der Waals surface area (Å²) in [5.74, 6) is -0.537. The van der Waals surface area contributed by atoms with Gasteiger partial charge in [-0.15, -0.1) is 0 Å². The Morgan fingerprint density at radius 3 is 2.47 bits per heavy atom. The highest BCUT2D eigenvalue weighted by Crippen LogP contribution is 2.19. The molecule has 2 N–H and O–H groups in total. The van der Waals surface area contributed by atoms with Crippen LogP contribution in [0.4, 0.5) is 0 Å². The number of hydrogen-bond donors (Lipinski definition) is 1. The lowest BCUT2D eigenvalue weighted by atomic mass is 10.4. The molecule has 17 heavy (non-hydrogen) atoms. The molecule has 1 atom stereocenters. The van der Waals surface area contributed by atoms with Crippen LogP contribution in [0, 0.1) is 0 Å². The number of carbonyl (C=O) groups is 2. The van der Waals surface area contributed by atoms with E-state index in [0.29, 0.717) is 0 Å². The lowest BCUT2D eigenvalue weighted by Gasteiger charge is -2.21. The average molecular weight is 260 g/mol. The summed E-state index contributed by atoms with van der Waals surface area (Å²) < 4.78 is 22.3. The van der Waals surface area contributed by atoms with Crippen LogP contribution < -0.4 is 5.14 Å². The topological polar surface area (TPSA) is 113 Å². The number of rotatable bonds is 1. The van der Waals surface area contributed by atoms with Gasteiger partial charge < -0.3 is 4.90 Å². The molecule has 0 aromatic rings. The van der Waals surface area contributed by atoms with E-state index < -0.39 is 15.3 Å². The van der Waals surface area contributed by atoms with E-state index in [-0.39, 0.29) is 37.3 Å². The monoisotopic (exact) mass is 260 g/mol. The molecule has 2 aliphatic rings. The molecule has 8 nitrogen and oxygen atoms in total. The number of nitrogens with zero attached hydrogens (tertiary/aromatic N) is 3. The largest absolute Gasteiger partial charge is 0.336 e. The predicted molar refractivity (Wildman–Crippen MR) is 58.3 cm³/mol. The third kappa shape index (κ3) is 2.15. The number of nitrogens with two attached hydrogens (primary N) is 1. The Kier molecular flexibility index (Phi) is 2.66. The normalized spacial score (nSPS) is 25.8. The molecule has 1 fully saturated rings. The van der Waals surface area contributed by atoms with Crippen molar-refractivity contribution in [3.8, 4) is 0 Å². The zero-order valence-corrected chi connectivity index (χ0v) is 9.98. The number of primary sulfonamides is 1. The zero-order chi connectivity index (χ0) is 12.8. The van der Waals surface area contributed by atoms with Gasteiger partial charge in [0.05, 0.1) is 0 Å². The maximum absolute atomic E-state index is 11.7. The highest BCUT2D eigenvalue weighted by Gasteiger charge is 2.41. The summed E-state index contributed by atoms with van der Waals surface area (Å²) in [6.07, 6.45) is -0.167. The second kappa shape index (κ2) is 3.77. The Labute approximate surface area is 98.1 Å². The Bertz CT molecular complexity index is 512. The smallest absolute Gasteiger partial charge is 0.268 e. The SMILES string of the molecule is CN1CC(=O)N=C1N1CC(S(N)(=O)=O)CC1=O. The maximum Gasteiger partial charge on any atom is 0.268 e. The number of likely N-dealkylation sites (N-methyl/N-ethyl adjacent to an activating group) is 1. The highest BCUT2D eigenvalue weighted by atomic mass is 32.2. The number of hydrogen-bond acceptors (Lipinski definition) is 5. The number of likely N-dealkylation sites (tertiary alicyclic amines) is 1. The van der Waals surface area contributed by atoms with Crippen molar-refractivity contribution in [2.24, 2.45) is 10.1 Å². The van der Waals surface area contributed by atoms with Crippen molar-refractivity contribution in [2.45, 2.75) is 11.7 Å². The summed E-state index contributed by atoms with van der Waals surface area (Å²) >= 11 is 0. The molecule has 2 amide bonds. The molecule has 9 heteroatoms. The van der Waals surface area contributed by atoms with Gasteiger partial charge in [-0.2, -0.15) is 4.99 Å². The van der Waals surface area contributed by atoms with E-state index in [4.69, 9.17) is 5.14 Å². The van der Waals surface area contributed by atoms with Crippen LogP contribution in [-0.4, -0.2) is 61.4 Å². The maximum atomic E-state index is 11.7. The molecule has 0 saturated carbocycles. The van der Waals surface area contributed by atoms with E-state index in [2.05, 4.69) is 4.99 Å². The molecule has 0 radical (unpaired) electrons. The van der Waals surface area contributed by atoms with Crippen molar-refractivity contribution in [3.63, 3.8) is 0 Å². The average Bonchev–Trinajstić information content (AvgIpc) is 2.68. The fraction of sp³-hybridized carbons (Fsp3) is 0.625. The van der Waals surface area contributed by atoms with E-state index in [1.807, 2.05) is 0 Å². The number of carbonyl (C=O) groups excluding carboxylic acids is 2. The first kappa shape index (κ1) is 12.0. The standard InChI is InChI=1S/C8H12N4O4S/c1-11-4-6(13)10-8(11)12-3-5(2-7(12)14)17(9,15)16/h5H,2-4H2,1H3,(H2,9,15,16). The van der Waals surface area contributed by atoms with Gasteiger partial charge in [-0.3, -0.25) is 14.5 Å². The van der Waals surface area contributed by atoms with E-state index in [0.717, 1.165) is 0 Å². The van der Waals surface area contributed by atoms with Crippen LogP contribution >= 0.6 is 0 Å². The van der Waals surface area contributed by atoms with Gasteiger partial charge in [-0.05, 0) is 0 Å². The van der Waals surface area contributed by atoms with Crippen LogP contribution in [0.1, 0.15) is 6.42 Å². The van der Waals surface area contributed by atoms with Crippen LogP contribution in [0.25, 0.3) is 0 Å². The Balaban J connectivity index is 2.23. The first-order chi connectivity index (χ1) is 7.79. The zero-order valence-electron chi connectivity index (χ0n) is 9.16. The summed E-state index contributed by atoms with van der Waals surface area (Å²) in [6, 6.07) is 0. The van der Waals surface area contributed by atoms with Crippen molar-refractivity contribution >= 4 is 27.8 Å². The number of aliphatic imine (C=N–C) groups is 1. The Morgan fingerprint density at radius 1 is 1.41 bits per heavy atom. The summed E-state index contributed by atoms with van der Waals surface area (Å²) in [6.45, 7) is 0.0489. The van der Waals surface area contributed by atoms with Crippen molar-refractivity contribution in [3.05, 3.63) is 0 Å². The molecule has 0 aliphatic carbocycles. The van der Waals surface area contributed by atoms with Crippen LogP contribution in [-0.2, 0) is 19.6 Å². The molecule has 0 spiro atoms. The lowest BCUT2D eigenvalue weighted by molar-refractivity contribution is -0.124. The molecule has 94 valence electrons. The third-order valence-corrected chi connectivity index (χ3v) is 3.98. The van der Waals surface area contributed by atoms with E-state index in [1.54, 1.807) is 7.05 Å². The molecular weight excluding hydrogens is 248 g/mol. The molecule has 0 aromatic carbocycles. The minimum atomic E-state index is -3.75. The van der Waals surface area contributed by atoms with Gasteiger partial charge in [0.15, 0.2) is 0 Å². The number of sulfonamides is 1. The fourth-order valence-electron chi connectivity index (χ4n) is 1.86. The summed E-state index contributed by atoms with van der Waals surface area (Å²) in [5, 5.41) is 4.07. The van der Waals surface area contributed by atoms with E-state index in [1.165, 1.54) is 9.80 Å². The quantitative estimate of drug-likeness (QED) is 0.570. The molecule has 0 aromatic heterocycles. The van der Waals surface area contributed by atoms with Crippen LogP contribution in [0.2, 0.25) is 0 Å². The second-order valence-corrected chi connectivity index (χ2v) is 5.93. The highest BCUT2D eigenvalue weighted by molar-refractivity contribution is 7.89. The van der Waals surface area contributed by atoms with Gasteiger partial charge in [0.2, 0.25) is 21.9 Å². The Hall–Kier alpha value is -1.48. The van der Waals surface area contributed by atoms with Gasteiger partial charge in [0.1, 0.15) is 11.8 Å². The van der Waals surface area contributed by atoms with Gasteiger partial charge in [0.25, 0.3) is 5.91 Å². The summed E-state index contributed by atoms with van der Waals surface area (Å²) in [4.78, 5) is 29.1. The summed E-state index contributed by atoms with van der Waals surface area (Å²) in [7, 11) is -2.14. The molecule has 2 heterocycles. The van der Waals surface area contributed by atoms with Crippen molar-refractivity contribution in [2.75, 3.05) is 20.1 Å². The molecule has 1 saturated heterocycles.